The number of likely N-dealkylation sites (N-methyl/N-ethyl adjacent to an activating group) is 1. The maximum absolute atomic E-state index is 13.2. The summed E-state index contributed by atoms with van der Waals surface area (Å²) in [7, 11) is 2.28. The van der Waals surface area contributed by atoms with Crippen molar-refractivity contribution in [2.24, 2.45) is 11.8 Å². The molecule has 0 aromatic heterocycles. The lowest BCUT2D eigenvalue weighted by Gasteiger charge is -2.39. The highest BCUT2D eigenvalue weighted by Crippen LogP contribution is 2.31. The van der Waals surface area contributed by atoms with E-state index in [0.717, 1.165) is 63.9 Å². The molecule has 2 unspecified atom stereocenters. The number of rotatable bonds is 6. The highest BCUT2D eigenvalue weighted by Gasteiger charge is 2.48. The molecule has 36 heavy (non-hydrogen) atoms. The topological polar surface area (TPSA) is 76.9 Å². The maximum Gasteiger partial charge on any atom is 0.243 e. The molecule has 0 aromatic rings. The average Bonchev–Trinajstić information content (AvgIpc) is 3.28. The van der Waals surface area contributed by atoms with Crippen LogP contribution >= 0.6 is 0 Å². The van der Waals surface area contributed by atoms with Crippen LogP contribution in [0.3, 0.4) is 0 Å². The number of nitrogens with one attached hydrogen (secondary N) is 2. The van der Waals surface area contributed by atoms with Crippen LogP contribution in [0.2, 0.25) is 0 Å². The molecule has 8 nitrogen and oxygen atoms in total. The third-order valence-electron chi connectivity index (χ3n) is 10.4. The third-order valence-corrected chi connectivity index (χ3v) is 10.4. The summed E-state index contributed by atoms with van der Waals surface area (Å²) >= 11 is 0. The van der Waals surface area contributed by atoms with Crippen molar-refractivity contribution in [1.29, 1.82) is 0 Å². The molecule has 5 rings (SSSR count). The minimum Gasteiger partial charge on any atom is -0.349 e. The van der Waals surface area contributed by atoms with Gasteiger partial charge in [-0.25, -0.2) is 0 Å². The van der Waals surface area contributed by atoms with Gasteiger partial charge in [0.15, 0.2) is 0 Å². The van der Waals surface area contributed by atoms with Crippen molar-refractivity contribution in [2.75, 3.05) is 59.4 Å². The van der Waals surface area contributed by atoms with Crippen molar-refractivity contribution < 1.29 is 19.8 Å². The Morgan fingerprint density at radius 1 is 1.03 bits per heavy atom. The van der Waals surface area contributed by atoms with E-state index >= 15 is 0 Å². The number of hydrogen-bond donors (Lipinski definition) is 3. The van der Waals surface area contributed by atoms with E-state index < -0.39 is 0 Å². The summed E-state index contributed by atoms with van der Waals surface area (Å²) in [5.74, 6) is 2.15. The zero-order chi connectivity index (χ0) is 25.1. The van der Waals surface area contributed by atoms with E-state index in [0.29, 0.717) is 37.1 Å². The van der Waals surface area contributed by atoms with E-state index in [-0.39, 0.29) is 11.9 Å². The van der Waals surface area contributed by atoms with Crippen molar-refractivity contribution in [3.63, 3.8) is 0 Å². The Bertz CT molecular complexity index is 742. The Hall–Kier alpha value is -1.22. The van der Waals surface area contributed by atoms with Crippen LogP contribution in [0.1, 0.15) is 71.1 Å². The summed E-state index contributed by atoms with van der Waals surface area (Å²) in [6.07, 6.45) is 12.5. The number of piperidine rings is 1. The Morgan fingerprint density at radius 3 is 2.53 bits per heavy atom. The third kappa shape index (κ3) is 6.08. The number of piperazine rings is 1. The van der Waals surface area contributed by atoms with E-state index in [1.54, 1.807) is 0 Å². The van der Waals surface area contributed by atoms with Crippen molar-refractivity contribution >= 4 is 11.8 Å². The molecule has 0 bridgehead atoms. The normalized spacial score (nSPS) is 38.9. The van der Waals surface area contributed by atoms with E-state index in [2.05, 4.69) is 39.3 Å². The van der Waals surface area contributed by atoms with Crippen LogP contribution in [0.4, 0.5) is 0 Å². The Balaban J connectivity index is 1.09. The molecular weight excluding hydrogens is 452 g/mol. The van der Waals surface area contributed by atoms with E-state index in [4.69, 9.17) is 0 Å². The minimum absolute atomic E-state index is 0.00900. The van der Waals surface area contributed by atoms with Gasteiger partial charge >= 0.3 is 0 Å². The van der Waals surface area contributed by atoms with Crippen LogP contribution in [0.25, 0.3) is 0 Å². The van der Waals surface area contributed by atoms with Gasteiger partial charge < -0.3 is 20.4 Å². The summed E-state index contributed by atoms with van der Waals surface area (Å²) in [6, 6.07) is 0.682. The summed E-state index contributed by atoms with van der Waals surface area (Å²) in [6.45, 7) is 10.2. The molecule has 204 valence electrons. The number of nitrogens with two attached hydrogens (primary N) is 1. The fourth-order valence-corrected chi connectivity index (χ4v) is 7.87. The molecular formula is C28H52N6O2+2. The van der Waals surface area contributed by atoms with E-state index in [1.165, 1.54) is 56.4 Å². The quantitative estimate of drug-likeness (QED) is 0.446. The lowest BCUT2D eigenvalue weighted by atomic mass is 9.82. The first-order valence-electron chi connectivity index (χ1n) is 15.2. The fourth-order valence-electron chi connectivity index (χ4n) is 7.87. The highest BCUT2D eigenvalue weighted by atomic mass is 16.2. The van der Waals surface area contributed by atoms with Crippen LogP contribution in [0, 0.1) is 11.8 Å². The van der Waals surface area contributed by atoms with Gasteiger partial charge in [-0.3, -0.25) is 19.4 Å². The molecule has 2 amide bonds. The number of nitrogens with zero attached hydrogens (tertiary/aromatic N) is 3. The number of quaternary nitrogens is 2. The smallest absolute Gasteiger partial charge is 0.243 e. The molecule has 1 saturated carbocycles. The van der Waals surface area contributed by atoms with Gasteiger partial charge in [-0.05, 0) is 37.5 Å². The van der Waals surface area contributed by atoms with Gasteiger partial charge in [0.05, 0.1) is 20.1 Å². The SMILES string of the molecule is CC1CCC(CN2CC[C@H]3[C@H]2C(=O)NC[C@H](CCC(=O)N2CCN(C4CCCC[NH2+]4)CC2)[NH+]3C)CC1. The van der Waals surface area contributed by atoms with Gasteiger partial charge in [-0.2, -0.15) is 0 Å². The standard InChI is InChI=1S/C28H50N6O2/c1-21-6-8-22(9-7-21)20-34-14-12-24-27(34)28(36)30-19-23(31(24)2)10-11-26(35)33-17-15-32(16-18-33)25-5-3-4-13-29-25/h21-25,27,29H,3-20H2,1-2H3,(H,30,36)/p+2/t21?,22?,23-,24-,25?,27-/m0/s1. The number of hydrogen-bond acceptors (Lipinski definition) is 4. The lowest BCUT2D eigenvalue weighted by Crippen LogP contribution is -3.18. The largest absolute Gasteiger partial charge is 0.349 e. The zero-order valence-corrected chi connectivity index (χ0v) is 22.9. The minimum atomic E-state index is 0.00900. The summed E-state index contributed by atoms with van der Waals surface area (Å²) in [4.78, 5) is 34.9. The average molecular weight is 505 g/mol. The second kappa shape index (κ2) is 12.1. The molecule has 0 aromatic carbocycles. The molecule has 8 heteroatoms. The van der Waals surface area contributed by atoms with Gasteiger partial charge in [0.25, 0.3) is 0 Å². The molecule has 5 fully saturated rings. The maximum atomic E-state index is 13.2. The first-order valence-corrected chi connectivity index (χ1v) is 15.2. The molecule has 5 atom stereocenters. The van der Waals surface area contributed by atoms with Crippen molar-refractivity contribution in [1.82, 2.24) is 20.0 Å². The molecule has 0 radical (unpaired) electrons. The predicted octanol–water partition coefficient (Wildman–Crippen LogP) is -0.733. The van der Waals surface area contributed by atoms with Crippen LogP contribution < -0.4 is 15.5 Å². The van der Waals surface area contributed by atoms with Crippen molar-refractivity contribution in [2.45, 2.75) is 95.4 Å². The first-order chi connectivity index (χ1) is 17.5. The summed E-state index contributed by atoms with van der Waals surface area (Å²) in [5.41, 5.74) is 0. The van der Waals surface area contributed by atoms with E-state index in [1.807, 2.05) is 0 Å². The second-order valence-corrected chi connectivity index (χ2v) is 12.7. The molecule has 4 heterocycles. The van der Waals surface area contributed by atoms with Crippen LogP contribution in [-0.4, -0.2) is 110 Å². The molecule has 1 aliphatic carbocycles. The van der Waals surface area contributed by atoms with Crippen LogP contribution in [-0.2, 0) is 9.59 Å². The van der Waals surface area contributed by atoms with Crippen LogP contribution in [0.5, 0.6) is 0 Å². The predicted molar refractivity (Wildman–Crippen MR) is 140 cm³/mol. The summed E-state index contributed by atoms with van der Waals surface area (Å²) < 4.78 is 0. The van der Waals surface area contributed by atoms with Gasteiger partial charge in [-0.15, -0.1) is 0 Å². The van der Waals surface area contributed by atoms with Gasteiger partial charge in [0, 0.05) is 65.0 Å². The number of amides is 2. The Kier molecular flexibility index (Phi) is 8.87. The second-order valence-electron chi connectivity index (χ2n) is 12.7. The molecule has 5 aliphatic rings. The number of likely N-dealkylation sites (tertiary alicyclic amines) is 1. The monoisotopic (exact) mass is 504 g/mol. The van der Waals surface area contributed by atoms with Gasteiger partial charge in [-0.1, -0.05) is 19.8 Å². The number of carbonyl (C=O) groups is 2. The van der Waals surface area contributed by atoms with Gasteiger partial charge in [0.2, 0.25) is 11.8 Å². The molecule has 4 N–H and O–H groups in total. The summed E-state index contributed by atoms with van der Waals surface area (Å²) in [5, 5.41) is 5.77. The molecule has 4 saturated heterocycles. The first kappa shape index (κ1) is 26.4. The molecule has 4 aliphatic heterocycles. The zero-order valence-electron chi connectivity index (χ0n) is 22.9. The fraction of sp³-hybridized carbons (Fsp3) is 0.929. The van der Waals surface area contributed by atoms with Crippen molar-refractivity contribution in [3.05, 3.63) is 0 Å². The van der Waals surface area contributed by atoms with Crippen molar-refractivity contribution in [3.8, 4) is 0 Å². The number of fused-ring (bicyclic) bond motifs is 1. The number of carbonyl (C=O) groups excluding carboxylic acids is 2. The Morgan fingerprint density at radius 2 is 1.81 bits per heavy atom. The van der Waals surface area contributed by atoms with E-state index in [9.17, 15) is 9.59 Å². The highest BCUT2D eigenvalue weighted by molar-refractivity contribution is 5.83. The Labute approximate surface area is 218 Å². The lowest BCUT2D eigenvalue weighted by molar-refractivity contribution is -0.928. The molecule has 0 spiro atoms. The van der Waals surface area contributed by atoms with Gasteiger partial charge in [0.1, 0.15) is 24.3 Å². The van der Waals surface area contributed by atoms with Crippen LogP contribution in [0.15, 0.2) is 0 Å².